The fourth-order valence-electron chi connectivity index (χ4n) is 3.16. The number of hydrogen-bond acceptors (Lipinski definition) is 6. The number of nitrogens with one attached hydrogen (secondary N) is 1. The highest BCUT2D eigenvalue weighted by molar-refractivity contribution is 6.07. The van der Waals surface area contributed by atoms with Crippen LogP contribution in [0.15, 0.2) is 87.9 Å². The molecule has 0 aliphatic carbocycles. The summed E-state index contributed by atoms with van der Waals surface area (Å²) >= 11 is 0. The van der Waals surface area contributed by atoms with E-state index in [0.29, 0.717) is 28.3 Å². The van der Waals surface area contributed by atoms with Crippen molar-refractivity contribution in [1.29, 1.82) is 0 Å². The molecule has 2 aromatic carbocycles. The van der Waals surface area contributed by atoms with Crippen molar-refractivity contribution in [1.82, 2.24) is 0 Å². The molecular weight excluding hydrogens is 424 g/mol. The van der Waals surface area contributed by atoms with E-state index in [-0.39, 0.29) is 23.1 Å². The predicted octanol–water partition coefficient (Wildman–Crippen LogP) is 5.90. The molecule has 0 spiro atoms. The van der Waals surface area contributed by atoms with Crippen LogP contribution < -0.4 is 5.32 Å². The van der Waals surface area contributed by atoms with Crippen molar-refractivity contribution in [3.05, 3.63) is 112 Å². The average molecular weight is 442 g/mol. The SMILES string of the molecule is Cc1ccc(-c2ccc(/C=C/C(=O)c3ccc(NC(=O)c4ccco4)cc3)o2)c([N+](=O)[O-])c1. The number of benzene rings is 2. The normalized spacial score (nSPS) is 10.9. The number of allylic oxidation sites excluding steroid dienone is 1. The van der Waals surface area contributed by atoms with Gasteiger partial charge in [-0.2, -0.15) is 0 Å². The molecule has 1 N–H and O–H groups in total. The fourth-order valence-corrected chi connectivity index (χ4v) is 3.16. The van der Waals surface area contributed by atoms with Crippen LogP contribution in [0.25, 0.3) is 17.4 Å². The number of nitro benzene ring substituents is 1. The molecule has 2 aromatic heterocycles. The summed E-state index contributed by atoms with van der Waals surface area (Å²) in [5.41, 5.74) is 2.03. The summed E-state index contributed by atoms with van der Waals surface area (Å²) in [7, 11) is 0. The lowest BCUT2D eigenvalue weighted by atomic mass is 10.1. The maximum atomic E-state index is 12.5. The van der Waals surface area contributed by atoms with Gasteiger partial charge >= 0.3 is 0 Å². The third kappa shape index (κ3) is 4.96. The van der Waals surface area contributed by atoms with Gasteiger partial charge in [-0.05, 0) is 79.2 Å². The highest BCUT2D eigenvalue weighted by Gasteiger charge is 2.18. The Morgan fingerprint density at radius 1 is 1.03 bits per heavy atom. The number of nitrogens with zero attached hydrogens (tertiary/aromatic N) is 1. The summed E-state index contributed by atoms with van der Waals surface area (Å²) in [5.74, 6) is 0.257. The first kappa shape index (κ1) is 21.5. The molecule has 33 heavy (non-hydrogen) atoms. The van der Waals surface area contributed by atoms with Crippen LogP contribution in [-0.2, 0) is 0 Å². The summed E-state index contributed by atoms with van der Waals surface area (Å²) in [6.45, 7) is 1.78. The van der Waals surface area contributed by atoms with Crippen LogP contribution in [0.5, 0.6) is 0 Å². The zero-order chi connectivity index (χ0) is 23.4. The van der Waals surface area contributed by atoms with Crippen LogP contribution >= 0.6 is 0 Å². The quantitative estimate of drug-likeness (QED) is 0.165. The predicted molar refractivity (Wildman–Crippen MR) is 122 cm³/mol. The van der Waals surface area contributed by atoms with Gasteiger partial charge in [0.2, 0.25) is 0 Å². The van der Waals surface area contributed by atoms with Crippen LogP contribution in [0.4, 0.5) is 11.4 Å². The molecule has 1 amide bonds. The van der Waals surface area contributed by atoms with E-state index in [0.717, 1.165) is 5.56 Å². The van der Waals surface area contributed by atoms with E-state index in [2.05, 4.69) is 5.32 Å². The largest absolute Gasteiger partial charge is 0.459 e. The Hall–Kier alpha value is -4.72. The number of hydrogen-bond donors (Lipinski definition) is 1. The fraction of sp³-hybridized carbons (Fsp3) is 0.0400. The second-order valence-electron chi connectivity index (χ2n) is 7.19. The Labute approximate surface area is 188 Å². The molecule has 8 heteroatoms. The molecule has 4 rings (SSSR count). The number of carbonyl (C=O) groups excluding carboxylic acids is 2. The molecule has 0 saturated carbocycles. The van der Waals surface area contributed by atoms with E-state index < -0.39 is 4.92 Å². The van der Waals surface area contributed by atoms with Crippen molar-refractivity contribution in [2.75, 3.05) is 5.32 Å². The topological polar surface area (TPSA) is 116 Å². The van der Waals surface area contributed by atoms with Crippen LogP contribution in [0.1, 0.15) is 32.2 Å². The minimum absolute atomic E-state index is 0.0461. The lowest BCUT2D eigenvalue weighted by Gasteiger charge is -2.03. The molecule has 0 fully saturated rings. The molecule has 0 atom stereocenters. The van der Waals surface area contributed by atoms with Crippen molar-refractivity contribution in [3.8, 4) is 11.3 Å². The van der Waals surface area contributed by atoms with Gasteiger partial charge in [-0.3, -0.25) is 19.7 Å². The highest BCUT2D eigenvalue weighted by Crippen LogP contribution is 2.32. The van der Waals surface area contributed by atoms with E-state index in [1.165, 1.54) is 24.5 Å². The number of carbonyl (C=O) groups is 2. The lowest BCUT2D eigenvalue weighted by Crippen LogP contribution is -2.10. The van der Waals surface area contributed by atoms with Crippen molar-refractivity contribution in [3.63, 3.8) is 0 Å². The van der Waals surface area contributed by atoms with Crippen molar-refractivity contribution in [2.24, 2.45) is 0 Å². The first-order valence-electron chi connectivity index (χ1n) is 9.93. The van der Waals surface area contributed by atoms with Gasteiger partial charge in [-0.25, -0.2) is 0 Å². The molecule has 0 aliphatic rings. The summed E-state index contributed by atoms with van der Waals surface area (Å²) in [6.07, 6.45) is 4.26. The van der Waals surface area contributed by atoms with Gasteiger partial charge in [0.25, 0.3) is 11.6 Å². The number of nitro groups is 1. The second kappa shape index (κ2) is 9.19. The Bertz CT molecular complexity index is 1350. The van der Waals surface area contributed by atoms with Crippen LogP contribution in [0.2, 0.25) is 0 Å². The van der Waals surface area contributed by atoms with E-state index in [4.69, 9.17) is 8.83 Å². The van der Waals surface area contributed by atoms with Gasteiger partial charge in [0, 0.05) is 17.3 Å². The lowest BCUT2D eigenvalue weighted by molar-refractivity contribution is -0.384. The number of ketones is 1. The maximum absolute atomic E-state index is 12.5. The summed E-state index contributed by atoms with van der Waals surface area (Å²) < 4.78 is 10.7. The van der Waals surface area contributed by atoms with E-state index in [1.54, 1.807) is 67.6 Å². The molecular formula is C25H18N2O6. The number of anilines is 1. The Morgan fingerprint density at radius 2 is 1.82 bits per heavy atom. The van der Waals surface area contributed by atoms with E-state index >= 15 is 0 Å². The minimum atomic E-state index is -0.454. The molecule has 0 aliphatic heterocycles. The Kier molecular flexibility index (Phi) is 5.99. The van der Waals surface area contributed by atoms with Crippen LogP contribution in [0, 0.1) is 17.0 Å². The summed E-state index contributed by atoms with van der Waals surface area (Å²) in [5, 5.41) is 14.0. The first-order valence-corrected chi connectivity index (χ1v) is 9.93. The van der Waals surface area contributed by atoms with Crippen LogP contribution in [0.3, 0.4) is 0 Å². The number of rotatable bonds is 7. The van der Waals surface area contributed by atoms with Crippen molar-refractivity contribution >= 4 is 29.1 Å². The van der Waals surface area contributed by atoms with Crippen molar-refractivity contribution < 1.29 is 23.3 Å². The zero-order valence-electron chi connectivity index (χ0n) is 17.5. The number of furan rings is 2. The third-order valence-corrected chi connectivity index (χ3v) is 4.81. The maximum Gasteiger partial charge on any atom is 0.291 e. The minimum Gasteiger partial charge on any atom is -0.459 e. The number of amides is 1. The van der Waals surface area contributed by atoms with Gasteiger partial charge in [-0.1, -0.05) is 6.07 Å². The molecule has 2 heterocycles. The Balaban J connectivity index is 1.44. The molecule has 0 saturated heterocycles. The first-order chi connectivity index (χ1) is 15.9. The highest BCUT2D eigenvalue weighted by atomic mass is 16.6. The molecule has 0 radical (unpaired) electrons. The van der Waals surface area contributed by atoms with Gasteiger partial charge in [0.15, 0.2) is 11.5 Å². The monoisotopic (exact) mass is 442 g/mol. The molecule has 4 aromatic rings. The number of aryl methyl sites for hydroxylation is 1. The standard InChI is InChI=1S/C25H18N2O6/c1-16-4-11-20(21(15-16)27(30)31)23-13-10-19(33-23)9-12-22(28)17-5-7-18(8-6-17)26-25(29)24-3-2-14-32-24/h2-15H,1H3,(H,26,29)/b12-9+. The van der Waals surface area contributed by atoms with Crippen LogP contribution in [-0.4, -0.2) is 16.6 Å². The summed E-state index contributed by atoms with van der Waals surface area (Å²) in [4.78, 5) is 35.4. The van der Waals surface area contributed by atoms with Gasteiger partial charge in [0.05, 0.1) is 16.7 Å². The molecule has 164 valence electrons. The van der Waals surface area contributed by atoms with E-state index in [9.17, 15) is 19.7 Å². The Morgan fingerprint density at radius 3 is 2.52 bits per heavy atom. The average Bonchev–Trinajstić information content (AvgIpc) is 3.50. The van der Waals surface area contributed by atoms with Crippen molar-refractivity contribution in [2.45, 2.75) is 6.92 Å². The zero-order valence-corrected chi connectivity index (χ0v) is 17.5. The third-order valence-electron chi connectivity index (χ3n) is 4.81. The molecule has 8 nitrogen and oxygen atoms in total. The van der Waals surface area contributed by atoms with Gasteiger partial charge in [0.1, 0.15) is 11.5 Å². The smallest absolute Gasteiger partial charge is 0.291 e. The molecule has 0 bridgehead atoms. The van der Waals surface area contributed by atoms with Gasteiger partial charge < -0.3 is 14.2 Å². The molecule has 0 unspecified atom stereocenters. The van der Waals surface area contributed by atoms with Gasteiger partial charge in [-0.15, -0.1) is 0 Å². The second-order valence-corrected chi connectivity index (χ2v) is 7.19. The van der Waals surface area contributed by atoms with E-state index in [1.807, 2.05) is 0 Å². The summed E-state index contributed by atoms with van der Waals surface area (Å²) in [6, 6.07) is 17.7.